The molecule has 0 amide bonds. The van der Waals surface area contributed by atoms with Gasteiger partial charge >= 0.3 is 0 Å². The number of ether oxygens (including phenoxy) is 1. The first-order chi connectivity index (χ1) is 8.19. The Morgan fingerprint density at radius 3 is 2.65 bits per heavy atom. The van der Waals surface area contributed by atoms with Gasteiger partial charge in [-0.1, -0.05) is 13.8 Å². The van der Waals surface area contributed by atoms with Crippen molar-refractivity contribution in [2.75, 3.05) is 26.2 Å². The first-order valence-corrected chi connectivity index (χ1v) is 7.30. The van der Waals surface area contributed by atoms with Gasteiger partial charge in [0.05, 0.1) is 12.2 Å². The first kappa shape index (κ1) is 13.3. The van der Waals surface area contributed by atoms with Crippen LogP contribution in [0.1, 0.15) is 40.0 Å². The Labute approximate surface area is 106 Å². The molecule has 0 aliphatic carbocycles. The fraction of sp³-hybridized carbons (Fsp3) is 1.00. The summed E-state index contributed by atoms with van der Waals surface area (Å²) in [6.07, 6.45) is 4.76. The molecule has 2 fully saturated rings. The molecule has 3 heteroatoms. The molecule has 0 spiro atoms. The molecule has 2 saturated heterocycles. The molecule has 100 valence electrons. The van der Waals surface area contributed by atoms with Gasteiger partial charge < -0.3 is 15.0 Å². The van der Waals surface area contributed by atoms with Gasteiger partial charge in [-0.2, -0.15) is 0 Å². The Balaban J connectivity index is 1.73. The normalized spacial score (nSPS) is 39.7. The van der Waals surface area contributed by atoms with Gasteiger partial charge in [0.1, 0.15) is 0 Å². The molecule has 0 aromatic rings. The second kappa shape index (κ2) is 6.17. The highest BCUT2D eigenvalue weighted by Crippen LogP contribution is 2.23. The van der Waals surface area contributed by atoms with Gasteiger partial charge in [0.2, 0.25) is 0 Å². The average molecular weight is 240 g/mol. The second-order valence-corrected chi connectivity index (χ2v) is 5.84. The Morgan fingerprint density at radius 2 is 2.06 bits per heavy atom. The fourth-order valence-corrected chi connectivity index (χ4v) is 3.27. The molecule has 0 aromatic heterocycles. The number of piperidine rings is 1. The second-order valence-electron chi connectivity index (χ2n) is 5.84. The summed E-state index contributed by atoms with van der Waals surface area (Å²) in [6.45, 7) is 11.5. The van der Waals surface area contributed by atoms with Crippen molar-refractivity contribution in [3.63, 3.8) is 0 Å². The predicted octanol–water partition coefficient (Wildman–Crippen LogP) is 1.87. The standard InChI is InChI=1S/C14H28N2O/c1-4-15-14-7-8-16(9-11(14)2)10-13-6-5-12(3)17-13/h11-15H,4-10H2,1-3H3. The summed E-state index contributed by atoms with van der Waals surface area (Å²) in [7, 11) is 0. The van der Waals surface area contributed by atoms with E-state index in [0.717, 1.165) is 25.0 Å². The van der Waals surface area contributed by atoms with Crippen LogP contribution in [0.4, 0.5) is 0 Å². The van der Waals surface area contributed by atoms with E-state index < -0.39 is 0 Å². The van der Waals surface area contributed by atoms with Crippen molar-refractivity contribution in [1.82, 2.24) is 10.2 Å². The van der Waals surface area contributed by atoms with Gasteiger partial charge in [0, 0.05) is 19.1 Å². The lowest BCUT2D eigenvalue weighted by atomic mass is 9.93. The van der Waals surface area contributed by atoms with E-state index in [0.29, 0.717) is 12.2 Å². The molecule has 2 rings (SSSR count). The van der Waals surface area contributed by atoms with Crippen molar-refractivity contribution in [3.8, 4) is 0 Å². The zero-order valence-corrected chi connectivity index (χ0v) is 11.6. The van der Waals surface area contributed by atoms with Crippen molar-refractivity contribution in [1.29, 1.82) is 0 Å². The molecule has 3 nitrogen and oxygen atoms in total. The quantitative estimate of drug-likeness (QED) is 0.812. The molecule has 2 aliphatic rings. The summed E-state index contributed by atoms with van der Waals surface area (Å²) in [5, 5.41) is 3.60. The van der Waals surface area contributed by atoms with E-state index in [4.69, 9.17) is 4.74 Å². The van der Waals surface area contributed by atoms with E-state index in [1.165, 1.54) is 32.4 Å². The van der Waals surface area contributed by atoms with Gasteiger partial charge in [-0.05, 0) is 45.2 Å². The van der Waals surface area contributed by atoms with E-state index >= 15 is 0 Å². The summed E-state index contributed by atoms with van der Waals surface area (Å²) >= 11 is 0. The minimum absolute atomic E-state index is 0.483. The molecule has 2 aliphatic heterocycles. The number of nitrogens with one attached hydrogen (secondary N) is 1. The van der Waals surface area contributed by atoms with Crippen LogP contribution in [-0.4, -0.2) is 49.3 Å². The third-order valence-electron chi connectivity index (χ3n) is 4.24. The van der Waals surface area contributed by atoms with Crippen LogP contribution in [0.5, 0.6) is 0 Å². The summed E-state index contributed by atoms with van der Waals surface area (Å²) in [6, 6.07) is 0.722. The summed E-state index contributed by atoms with van der Waals surface area (Å²) in [5.74, 6) is 0.766. The first-order valence-electron chi connectivity index (χ1n) is 7.30. The molecule has 17 heavy (non-hydrogen) atoms. The topological polar surface area (TPSA) is 24.5 Å². The van der Waals surface area contributed by atoms with Gasteiger partial charge in [-0.3, -0.25) is 0 Å². The molecule has 4 unspecified atom stereocenters. The molecule has 0 bridgehead atoms. The highest BCUT2D eigenvalue weighted by atomic mass is 16.5. The van der Waals surface area contributed by atoms with Crippen LogP contribution in [0.25, 0.3) is 0 Å². The minimum Gasteiger partial charge on any atom is -0.374 e. The van der Waals surface area contributed by atoms with Crippen LogP contribution in [0, 0.1) is 5.92 Å². The third-order valence-corrected chi connectivity index (χ3v) is 4.24. The summed E-state index contributed by atoms with van der Waals surface area (Å²) in [5.41, 5.74) is 0. The maximum atomic E-state index is 5.92. The van der Waals surface area contributed by atoms with Crippen LogP contribution in [-0.2, 0) is 4.74 Å². The highest BCUT2D eigenvalue weighted by molar-refractivity contribution is 4.84. The molecule has 1 N–H and O–H groups in total. The molecule has 0 aromatic carbocycles. The zero-order valence-electron chi connectivity index (χ0n) is 11.6. The van der Waals surface area contributed by atoms with Gasteiger partial charge in [-0.25, -0.2) is 0 Å². The lowest BCUT2D eigenvalue weighted by Gasteiger charge is -2.38. The zero-order chi connectivity index (χ0) is 12.3. The number of rotatable bonds is 4. The average Bonchev–Trinajstić information content (AvgIpc) is 2.68. The monoisotopic (exact) mass is 240 g/mol. The van der Waals surface area contributed by atoms with Crippen LogP contribution < -0.4 is 5.32 Å². The summed E-state index contributed by atoms with van der Waals surface area (Å²) < 4.78 is 5.92. The third kappa shape index (κ3) is 3.67. The predicted molar refractivity (Wildman–Crippen MR) is 71.3 cm³/mol. The van der Waals surface area contributed by atoms with Crippen molar-refractivity contribution >= 4 is 0 Å². The van der Waals surface area contributed by atoms with E-state index in [-0.39, 0.29) is 0 Å². The van der Waals surface area contributed by atoms with Crippen LogP contribution >= 0.6 is 0 Å². The highest BCUT2D eigenvalue weighted by Gasteiger charge is 2.29. The molecular formula is C14H28N2O. The fourth-order valence-electron chi connectivity index (χ4n) is 3.27. The molecule has 4 atom stereocenters. The largest absolute Gasteiger partial charge is 0.374 e. The molecule has 0 saturated carbocycles. The number of hydrogen-bond donors (Lipinski definition) is 1. The van der Waals surface area contributed by atoms with Crippen molar-refractivity contribution in [3.05, 3.63) is 0 Å². The number of hydrogen-bond acceptors (Lipinski definition) is 3. The van der Waals surface area contributed by atoms with E-state index in [1.54, 1.807) is 0 Å². The van der Waals surface area contributed by atoms with Gasteiger partial charge in [0.25, 0.3) is 0 Å². The van der Waals surface area contributed by atoms with E-state index in [9.17, 15) is 0 Å². The van der Waals surface area contributed by atoms with Gasteiger partial charge in [0.15, 0.2) is 0 Å². The van der Waals surface area contributed by atoms with Crippen LogP contribution in [0.15, 0.2) is 0 Å². The van der Waals surface area contributed by atoms with E-state index in [2.05, 4.69) is 31.0 Å². The molecule has 0 radical (unpaired) electrons. The molecule has 2 heterocycles. The Bertz CT molecular complexity index is 234. The lowest BCUT2D eigenvalue weighted by Crippen LogP contribution is -2.49. The van der Waals surface area contributed by atoms with Crippen LogP contribution in [0.2, 0.25) is 0 Å². The number of nitrogens with zero attached hydrogens (tertiary/aromatic N) is 1. The number of likely N-dealkylation sites (tertiary alicyclic amines) is 1. The minimum atomic E-state index is 0.483. The lowest BCUT2D eigenvalue weighted by molar-refractivity contribution is 0.0192. The van der Waals surface area contributed by atoms with Gasteiger partial charge in [-0.15, -0.1) is 0 Å². The maximum Gasteiger partial charge on any atom is 0.0706 e. The molecular weight excluding hydrogens is 212 g/mol. The van der Waals surface area contributed by atoms with E-state index in [1.807, 2.05) is 0 Å². The van der Waals surface area contributed by atoms with Crippen LogP contribution in [0.3, 0.4) is 0 Å². The Hall–Kier alpha value is -0.120. The Kier molecular flexibility index (Phi) is 4.83. The smallest absolute Gasteiger partial charge is 0.0706 e. The van der Waals surface area contributed by atoms with Crippen molar-refractivity contribution in [2.24, 2.45) is 5.92 Å². The van der Waals surface area contributed by atoms with Crippen molar-refractivity contribution in [2.45, 2.75) is 58.3 Å². The SMILES string of the molecule is CCNC1CCN(CC2CCC(C)O2)CC1C. The summed E-state index contributed by atoms with van der Waals surface area (Å²) in [4.78, 5) is 2.60. The Morgan fingerprint density at radius 1 is 1.24 bits per heavy atom. The maximum absolute atomic E-state index is 5.92. The van der Waals surface area contributed by atoms with Crippen molar-refractivity contribution < 1.29 is 4.74 Å².